The number of nitrogens with zero attached hydrogens (tertiary/aromatic N) is 3. The summed E-state index contributed by atoms with van der Waals surface area (Å²) in [6.45, 7) is -0.271. The number of amides is 3. The molecule has 0 bridgehead atoms. The van der Waals surface area contributed by atoms with Gasteiger partial charge in [0.1, 0.15) is 6.04 Å². The van der Waals surface area contributed by atoms with E-state index in [1.54, 1.807) is 42.5 Å². The van der Waals surface area contributed by atoms with E-state index in [1.165, 1.54) is 22.8 Å². The second kappa shape index (κ2) is 10.1. The molecule has 38 heavy (non-hydrogen) atoms. The van der Waals surface area contributed by atoms with Crippen molar-refractivity contribution in [3.63, 3.8) is 0 Å². The number of likely N-dealkylation sites (tertiary alicyclic amines) is 1. The summed E-state index contributed by atoms with van der Waals surface area (Å²) in [5.41, 5.74) is 7.72. The zero-order valence-corrected chi connectivity index (χ0v) is 21.4. The number of halogens is 2. The predicted molar refractivity (Wildman–Crippen MR) is 137 cm³/mol. The third-order valence-corrected chi connectivity index (χ3v) is 7.47. The Morgan fingerprint density at radius 1 is 1.11 bits per heavy atom. The number of hydrogen-bond donors (Lipinski definition) is 1. The van der Waals surface area contributed by atoms with Crippen molar-refractivity contribution in [1.29, 1.82) is 0 Å². The van der Waals surface area contributed by atoms with E-state index in [0.29, 0.717) is 39.0 Å². The molecule has 1 aliphatic carbocycles. The first kappa shape index (κ1) is 25.7. The summed E-state index contributed by atoms with van der Waals surface area (Å²) in [4.78, 5) is 51.8. The number of ether oxygens (including phenoxy) is 1. The van der Waals surface area contributed by atoms with E-state index in [-0.39, 0.29) is 42.4 Å². The van der Waals surface area contributed by atoms with Crippen LogP contribution in [0.2, 0.25) is 5.02 Å². The fraction of sp³-hybridized carbons (Fsp3) is 0.333. The lowest BCUT2D eigenvalue weighted by atomic mass is 10.1. The van der Waals surface area contributed by atoms with Gasteiger partial charge >= 0.3 is 12.0 Å². The highest BCUT2D eigenvalue weighted by Crippen LogP contribution is 2.48. The van der Waals surface area contributed by atoms with Crippen LogP contribution in [0.3, 0.4) is 0 Å². The van der Waals surface area contributed by atoms with Crippen LogP contribution in [0.5, 0.6) is 0 Å². The van der Waals surface area contributed by atoms with Gasteiger partial charge in [0, 0.05) is 22.6 Å². The lowest BCUT2D eigenvalue weighted by Crippen LogP contribution is -2.47. The fourth-order valence-corrected chi connectivity index (χ4v) is 5.55. The molecule has 2 N–H and O–H groups in total. The number of piperidine rings is 1. The number of primary amides is 1. The van der Waals surface area contributed by atoms with Crippen LogP contribution < -0.4 is 5.73 Å². The second-order valence-electron chi connectivity index (χ2n) is 9.75. The Bertz CT molecular complexity index is 1460. The molecule has 198 valence electrons. The maximum absolute atomic E-state index is 14.9. The molecule has 2 aliphatic rings. The summed E-state index contributed by atoms with van der Waals surface area (Å²) in [5.74, 6) is -1.36. The standard InChI is InChI=1S/C27H26ClFN4O5/c1-38-25(35)9-15-5-6-20-18(14-31(27(30)37)22(20)8-15)12-24(34)33-21-10-17(21)11-23(33)26(36)32(29)13-16-3-2-4-19(28)7-16/h2-8,14,17,21,23H,9-13H2,1H3,(H2,30,37)/t17-,21-,23+/m1/s1. The molecule has 2 aromatic carbocycles. The second-order valence-corrected chi connectivity index (χ2v) is 10.2. The first-order chi connectivity index (χ1) is 18.2. The summed E-state index contributed by atoms with van der Waals surface area (Å²) in [5, 5.41) is 1.20. The number of aromatic nitrogens is 1. The maximum Gasteiger partial charge on any atom is 0.323 e. The molecule has 1 saturated carbocycles. The minimum Gasteiger partial charge on any atom is -0.469 e. The molecule has 1 aliphatic heterocycles. The predicted octanol–water partition coefficient (Wildman–Crippen LogP) is 3.38. The van der Waals surface area contributed by atoms with Crippen LogP contribution in [-0.2, 0) is 38.5 Å². The van der Waals surface area contributed by atoms with Crippen molar-refractivity contribution in [2.45, 2.75) is 44.3 Å². The van der Waals surface area contributed by atoms with Crippen LogP contribution in [-0.4, -0.2) is 57.6 Å². The number of nitrogens with two attached hydrogens (primary N) is 1. The minimum absolute atomic E-state index is 0.0141. The summed E-state index contributed by atoms with van der Waals surface area (Å²) in [6.07, 6.45) is 2.59. The smallest absolute Gasteiger partial charge is 0.323 e. The van der Waals surface area contributed by atoms with Crippen LogP contribution in [0.4, 0.5) is 9.28 Å². The van der Waals surface area contributed by atoms with Gasteiger partial charge in [0.05, 0.1) is 32.0 Å². The van der Waals surface area contributed by atoms with E-state index >= 15 is 0 Å². The Balaban J connectivity index is 1.36. The van der Waals surface area contributed by atoms with Crippen molar-refractivity contribution in [2.75, 3.05) is 7.11 Å². The number of carbonyl (C=O) groups is 4. The number of benzene rings is 2. The lowest BCUT2D eigenvalue weighted by Gasteiger charge is -2.28. The van der Waals surface area contributed by atoms with Gasteiger partial charge in [-0.15, -0.1) is 0 Å². The van der Waals surface area contributed by atoms with E-state index in [2.05, 4.69) is 0 Å². The van der Waals surface area contributed by atoms with Crippen LogP contribution in [0.1, 0.15) is 29.5 Å². The van der Waals surface area contributed by atoms with Crippen molar-refractivity contribution < 1.29 is 28.4 Å². The van der Waals surface area contributed by atoms with Gasteiger partial charge in [-0.25, -0.2) is 4.79 Å². The van der Waals surface area contributed by atoms with Crippen LogP contribution in [0.15, 0.2) is 48.7 Å². The van der Waals surface area contributed by atoms with Gasteiger partial charge in [-0.2, -0.15) is 5.12 Å². The molecular weight excluding hydrogens is 515 g/mol. The summed E-state index contributed by atoms with van der Waals surface area (Å²) < 4.78 is 20.9. The number of methoxy groups -OCH3 is 1. The number of esters is 1. The molecule has 1 saturated heterocycles. The number of fused-ring (bicyclic) bond motifs is 2. The molecule has 5 rings (SSSR count). The van der Waals surface area contributed by atoms with E-state index in [9.17, 15) is 23.7 Å². The molecule has 2 fully saturated rings. The van der Waals surface area contributed by atoms with Crippen molar-refractivity contribution in [3.8, 4) is 0 Å². The third-order valence-electron chi connectivity index (χ3n) is 7.23. The summed E-state index contributed by atoms with van der Waals surface area (Å²) in [6, 6.07) is 9.94. The number of carbonyl (C=O) groups excluding carboxylic acids is 4. The first-order valence-corrected chi connectivity index (χ1v) is 12.6. The summed E-state index contributed by atoms with van der Waals surface area (Å²) in [7, 11) is 1.29. The molecule has 0 spiro atoms. The summed E-state index contributed by atoms with van der Waals surface area (Å²) >= 11 is 5.97. The Labute approximate surface area is 222 Å². The molecule has 3 aromatic rings. The highest BCUT2D eigenvalue weighted by atomic mass is 35.5. The van der Waals surface area contributed by atoms with Gasteiger partial charge < -0.3 is 15.4 Å². The van der Waals surface area contributed by atoms with Gasteiger partial charge in [-0.1, -0.05) is 40.3 Å². The van der Waals surface area contributed by atoms with Gasteiger partial charge in [-0.05, 0) is 53.6 Å². The highest BCUT2D eigenvalue weighted by Gasteiger charge is 2.56. The monoisotopic (exact) mass is 540 g/mol. The molecule has 0 unspecified atom stereocenters. The Morgan fingerprint density at radius 2 is 1.89 bits per heavy atom. The average Bonchev–Trinajstić information content (AvgIpc) is 3.39. The van der Waals surface area contributed by atoms with Gasteiger partial charge in [0.25, 0.3) is 5.91 Å². The van der Waals surface area contributed by atoms with Gasteiger partial charge in [0.15, 0.2) is 0 Å². The fourth-order valence-electron chi connectivity index (χ4n) is 5.34. The maximum atomic E-state index is 14.9. The quantitative estimate of drug-likeness (QED) is 0.364. The molecular formula is C27H26ClFN4O5. The van der Waals surface area contributed by atoms with Gasteiger partial charge in [0.2, 0.25) is 5.91 Å². The third kappa shape index (κ3) is 4.96. The van der Waals surface area contributed by atoms with Crippen LogP contribution in [0.25, 0.3) is 10.9 Å². The molecule has 9 nitrogen and oxygen atoms in total. The molecule has 3 amide bonds. The number of rotatable bonds is 7. The molecule has 0 radical (unpaired) electrons. The Morgan fingerprint density at radius 3 is 2.61 bits per heavy atom. The largest absolute Gasteiger partial charge is 0.469 e. The Hall–Kier alpha value is -3.92. The topological polar surface area (TPSA) is 115 Å². The lowest BCUT2D eigenvalue weighted by molar-refractivity contribution is -0.157. The zero-order valence-electron chi connectivity index (χ0n) is 20.6. The van der Waals surface area contributed by atoms with Crippen LogP contribution in [0, 0.1) is 5.92 Å². The molecule has 3 atom stereocenters. The van der Waals surface area contributed by atoms with E-state index in [0.717, 1.165) is 6.42 Å². The van der Waals surface area contributed by atoms with Crippen molar-refractivity contribution in [1.82, 2.24) is 14.6 Å². The first-order valence-electron chi connectivity index (χ1n) is 12.2. The van der Waals surface area contributed by atoms with E-state index in [4.69, 9.17) is 22.1 Å². The minimum atomic E-state index is -0.897. The van der Waals surface area contributed by atoms with Crippen molar-refractivity contribution in [2.24, 2.45) is 11.7 Å². The van der Waals surface area contributed by atoms with Gasteiger partial charge in [-0.3, -0.25) is 19.0 Å². The molecule has 11 heteroatoms. The zero-order chi connectivity index (χ0) is 27.1. The Kier molecular flexibility index (Phi) is 6.83. The van der Waals surface area contributed by atoms with Crippen molar-refractivity contribution >= 4 is 46.3 Å². The van der Waals surface area contributed by atoms with E-state index in [1.807, 2.05) is 0 Å². The average molecular weight is 541 g/mol. The number of hydrogen-bond acceptors (Lipinski definition) is 5. The van der Waals surface area contributed by atoms with Crippen LogP contribution >= 0.6 is 11.6 Å². The molecule has 2 heterocycles. The van der Waals surface area contributed by atoms with Crippen molar-refractivity contribution in [3.05, 3.63) is 70.4 Å². The normalized spacial score (nSPS) is 19.8. The highest BCUT2D eigenvalue weighted by molar-refractivity contribution is 6.30. The SMILES string of the molecule is COC(=O)Cc1ccc2c(CC(=O)N3[C@@H]4C[C@@H]4C[C@H]3C(=O)N(F)Cc3cccc(Cl)c3)cn(C(N)=O)c2c1. The van der Waals surface area contributed by atoms with E-state index < -0.39 is 23.9 Å². The molecule has 1 aromatic heterocycles.